The van der Waals surface area contributed by atoms with Crippen LogP contribution < -0.4 is 5.32 Å². The topological polar surface area (TPSA) is 12.0 Å². The molecule has 18 heavy (non-hydrogen) atoms. The van der Waals surface area contributed by atoms with Gasteiger partial charge >= 0.3 is 0 Å². The largest absolute Gasteiger partial charge is 0.314 e. The Morgan fingerprint density at radius 1 is 1.33 bits per heavy atom. The first-order valence-corrected chi connectivity index (χ1v) is 7.54. The molecule has 1 aromatic carbocycles. The smallest absolute Gasteiger partial charge is 0.137 e. The Bertz CT molecular complexity index is 368. The van der Waals surface area contributed by atoms with E-state index < -0.39 is 0 Å². The van der Waals surface area contributed by atoms with E-state index >= 15 is 0 Å². The maximum atomic E-state index is 13.5. The summed E-state index contributed by atoms with van der Waals surface area (Å²) >= 11 is 3.34. The monoisotopic (exact) mass is 315 g/mol. The van der Waals surface area contributed by atoms with Gasteiger partial charge in [0, 0.05) is 6.04 Å². The van der Waals surface area contributed by atoms with Gasteiger partial charge in [-0.05, 0) is 52.9 Å². The van der Waals surface area contributed by atoms with Gasteiger partial charge in [-0.3, -0.25) is 0 Å². The van der Waals surface area contributed by atoms with E-state index in [-0.39, 0.29) is 5.82 Å². The molecular formula is C15H23BrFN. The summed E-state index contributed by atoms with van der Waals surface area (Å²) in [6.45, 7) is 7.55. The van der Waals surface area contributed by atoms with E-state index in [4.69, 9.17) is 0 Å². The highest BCUT2D eigenvalue weighted by Crippen LogP contribution is 2.23. The summed E-state index contributed by atoms with van der Waals surface area (Å²) in [6, 6.07) is 5.68. The van der Waals surface area contributed by atoms with E-state index in [0.29, 0.717) is 16.4 Å². The van der Waals surface area contributed by atoms with Crippen molar-refractivity contribution in [1.29, 1.82) is 0 Å². The first-order valence-electron chi connectivity index (χ1n) is 6.74. The van der Waals surface area contributed by atoms with Gasteiger partial charge in [0.05, 0.1) is 4.47 Å². The molecule has 0 saturated carbocycles. The molecule has 1 nitrogen and oxygen atoms in total. The number of halogens is 2. The Balaban J connectivity index is 2.73. The van der Waals surface area contributed by atoms with Crippen molar-refractivity contribution in [3.63, 3.8) is 0 Å². The van der Waals surface area contributed by atoms with Crippen molar-refractivity contribution >= 4 is 15.9 Å². The van der Waals surface area contributed by atoms with Gasteiger partial charge in [-0.2, -0.15) is 0 Å². The lowest BCUT2D eigenvalue weighted by Gasteiger charge is -2.22. The highest BCUT2D eigenvalue weighted by atomic mass is 79.9. The molecule has 2 unspecified atom stereocenters. The summed E-state index contributed by atoms with van der Waals surface area (Å²) in [6.07, 6.45) is 3.19. The summed E-state index contributed by atoms with van der Waals surface area (Å²) < 4.78 is 14.1. The van der Waals surface area contributed by atoms with Gasteiger partial charge in [0.1, 0.15) is 5.82 Å². The molecule has 0 amide bonds. The maximum absolute atomic E-state index is 13.5. The van der Waals surface area contributed by atoms with Crippen LogP contribution in [0.1, 0.15) is 39.2 Å². The maximum Gasteiger partial charge on any atom is 0.137 e. The van der Waals surface area contributed by atoms with Crippen molar-refractivity contribution in [1.82, 2.24) is 5.32 Å². The van der Waals surface area contributed by atoms with Crippen LogP contribution >= 0.6 is 15.9 Å². The zero-order chi connectivity index (χ0) is 13.5. The molecule has 102 valence electrons. The Labute approximate surface area is 118 Å². The summed E-state index contributed by atoms with van der Waals surface area (Å²) in [5.74, 6) is 0.521. The zero-order valence-electron chi connectivity index (χ0n) is 11.5. The predicted molar refractivity (Wildman–Crippen MR) is 79.3 cm³/mol. The SMILES string of the molecule is CCNC(Cc1cccc(F)c1Br)CC(C)CC. The van der Waals surface area contributed by atoms with Crippen molar-refractivity contribution in [2.45, 2.75) is 46.1 Å². The van der Waals surface area contributed by atoms with Crippen LogP contribution in [-0.4, -0.2) is 12.6 Å². The molecule has 1 rings (SSSR count). The number of hydrogen-bond acceptors (Lipinski definition) is 1. The molecule has 0 aliphatic heterocycles. The molecule has 2 atom stereocenters. The van der Waals surface area contributed by atoms with Crippen LogP contribution in [0.3, 0.4) is 0 Å². The average Bonchev–Trinajstić information content (AvgIpc) is 2.35. The van der Waals surface area contributed by atoms with Crippen LogP contribution in [0.4, 0.5) is 4.39 Å². The highest BCUT2D eigenvalue weighted by molar-refractivity contribution is 9.10. The third-order valence-electron chi connectivity index (χ3n) is 3.37. The van der Waals surface area contributed by atoms with Gasteiger partial charge in [0.2, 0.25) is 0 Å². The highest BCUT2D eigenvalue weighted by Gasteiger charge is 2.14. The molecule has 0 bridgehead atoms. The van der Waals surface area contributed by atoms with Gasteiger partial charge < -0.3 is 5.32 Å². The van der Waals surface area contributed by atoms with E-state index in [9.17, 15) is 4.39 Å². The molecule has 0 aromatic heterocycles. The third-order valence-corrected chi connectivity index (χ3v) is 4.26. The summed E-state index contributed by atoms with van der Waals surface area (Å²) in [4.78, 5) is 0. The van der Waals surface area contributed by atoms with Crippen molar-refractivity contribution in [2.75, 3.05) is 6.54 Å². The van der Waals surface area contributed by atoms with Gasteiger partial charge in [0.25, 0.3) is 0 Å². The first-order chi connectivity index (χ1) is 8.58. The van der Waals surface area contributed by atoms with Crippen LogP contribution in [0.5, 0.6) is 0 Å². The number of hydrogen-bond donors (Lipinski definition) is 1. The standard InChI is InChI=1S/C15H23BrFN/c1-4-11(3)9-13(18-5-2)10-12-7-6-8-14(17)15(12)16/h6-8,11,13,18H,4-5,9-10H2,1-3H3. The molecule has 0 spiro atoms. The van der Waals surface area contributed by atoms with Gasteiger partial charge in [0.15, 0.2) is 0 Å². The molecule has 0 aliphatic carbocycles. The number of benzene rings is 1. The summed E-state index contributed by atoms with van der Waals surface area (Å²) in [5, 5.41) is 3.50. The van der Waals surface area contributed by atoms with Crippen LogP contribution in [0.25, 0.3) is 0 Å². The predicted octanol–water partition coefficient (Wildman–Crippen LogP) is 4.55. The normalized spacial score (nSPS) is 14.5. The first kappa shape index (κ1) is 15.6. The molecular weight excluding hydrogens is 293 g/mol. The van der Waals surface area contributed by atoms with Crippen molar-refractivity contribution in [3.8, 4) is 0 Å². The van der Waals surface area contributed by atoms with Gasteiger partial charge in [-0.15, -0.1) is 0 Å². The van der Waals surface area contributed by atoms with Gasteiger partial charge in [-0.1, -0.05) is 39.3 Å². The lowest BCUT2D eigenvalue weighted by atomic mass is 9.94. The molecule has 1 N–H and O–H groups in total. The third kappa shape index (κ3) is 4.69. The van der Waals surface area contributed by atoms with Crippen molar-refractivity contribution in [3.05, 3.63) is 34.1 Å². The molecule has 0 radical (unpaired) electrons. The number of rotatable bonds is 7. The van der Waals surface area contributed by atoms with E-state index in [1.807, 2.05) is 6.07 Å². The molecule has 0 aliphatic rings. The number of nitrogens with one attached hydrogen (secondary N) is 1. The fourth-order valence-electron chi connectivity index (χ4n) is 2.15. The van der Waals surface area contributed by atoms with E-state index in [2.05, 4.69) is 42.0 Å². The van der Waals surface area contributed by atoms with Crippen LogP contribution in [0, 0.1) is 11.7 Å². The lowest BCUT2D eigenvalue weighted by Crippen LogP contribution is -2.32. The van der Waals surface area contributed by atoms with E-state index in [1.54, 1.807) is 6.07 Å². The Hall–Kier alpha value is -0.410. The van der Waals surface area contributed by atoms with Crippen LogP contribution in [0.2, 0.25) is 0 Å². The molecule has 3 heteroatoms. The van der Waals surface area contributed by atoms with Gasteiger partial charge in [-0.25, -0.2) is 4.39 Å². The Morgan fingerprint density at radius 2 is 2.06 bits per heavy atom. The fraction of sp³-hybridized carbons (Fsp3) is 0.600. The summed E-state index contributed by atoms with van der Waals surface area (Å²) in [5.41, 5.74) is 1.05. The summed E-state index contributed by atoms with van der Waals surface area (Å²) in [7, 11) is 0. The molecule has 0 heterocycles. The minimum Gasteiger partial charge on any atom is -0.314 e. The molecule has 0 saturated heterocycles. The second kappa shape index (κ2) is 7.90. The van der Waals surface area contributed by atoms with Crippen molar-refractivity contribution < 1.29 is 4.39 Å². The van der Waals surface area contributed by atoms with Crippen LogP contribution in [-0.2, 0) is 6.42 Å². The van der Waals surface area contributed by atoms with Crippen molar-refractivity contribution in [2.24, 2.45) is 5.92 Å². The molecule has 0 fully saturated rings. The Morgan fingerprint density at radius 3 is 2.67 bits per heavy atom. The fourth-order valence-corrected chi connectivity index (χ4v) is 2.58. The minimum absolute atomic E-state index is 0.175. The van der Waals surface area contributed by atoms with E-state index in [0.717, 1.165) is 24.9 Å². The molecule has 1 aromatic rings. The minimum atomic E-state index is -0.175. The quantitative estimate of drug-likeness (QED) is 0.778. The Kier molecular flexibility index (Phi) is 6.87. The number of likely N-dealkylation sites (N-methyl/N-ethyl adjacent to an activating group) is 1. The lowest BCUT2D eigenvalue weighted by molar-refractivity contribution is 0.396. The van der Waals surface area contributed by atoms with Crippen LogP contribution in [0.15, 0.2) is 22.7 Å². The second-order valence-corrected chi connectivity index (χ2v) is 5.71. The second-order valence-electron chi connectivity index (χ2n) is 4.92. The zero-order valence-corrected chi connectivity index (χ0v) is 13.1. The average molecular weight is 316 g/mol. The van der Waals surface area contributed by atoms with E-state index in [1.165, 1.54) is 12.5 Å².